The van der Waals surface area contributed by atoms with Gasteiger partial charge in [-0.25, -0.2) is 9.97 Å². The van der Waals surface area contributed by atoms with Gasteiger partial charge in [0.15, 0.2) is 0 Å². The van der Waals surface area contributed by atoms with Crippen LogP contribution in [0.4, 0.5) is 23.0 Å². The van der Waals surface area contributed by atoms with Gasteiger partial charge in [0, 0.05) is 11.3 Å². The van der Waals surface area contributed by atoms with Gasteiger partial charge in [-0.2, -0.15) is 0 Å². The second-order valence-electron chi connectivity index (χ2n) is 7.05. The zero-order valence-electron chi connectivity index (χ0n) is 18.5. The highest BCUT2D eigenvalue weighted by molar-refractivity contribution is 5.95. The van der Waals surface area contributed by atoms with E-state index in [2.05, 4.69) is 26.1 Å². The average Bonchev–Trinajstić information content (AvgIpc) is 2.89. The third-order valence-electron chi connectivity index (χ3n) is 4.75. The van der Waals surface area contributed by atoms with Gasteiger partial charge in [0.1, 0.15) is 23.6 Å². The van der Waals surface area contributed by atoms with E-state index in [-0.39, 0.29) is 11.6 Å². The predicted octanol–water partition coefficient (Wildman–Crippen LogP) is 4.69. The zero-order chi connectivity index (χ0) is 24.6. The Bertz CT molecular complexity index is 1310. The minimum Gasteiger partial charge on any atom is -0.497 e. The fourth-order valence-electron chi connectivity index (χ4n) is 3.03. The number of carbonyl (C=O) groups is 1. The number of carbonyl (C=O) groups excluding carboxylic acids is 1. The fourth-order valence-corrected chi connectivity index (χ4v) is 3.03. The molecule has 0 aliphatic heterocycles. The molecule has 176 valence electrons. The van der Waals surface area contributed by atoms with Crippen molar-refractivity contribution in [2.45, 2.75) is 0 Å². The van der Waals surface area contributed by atoms with Gasteiger partial charge in [0.05, 0.1) is 12.0 Å². The van der Waals surface area contributed by atoms with Crippen LogP contribution in [0.15, 0.2) is 85.2 Å². The van der Waals surface area contributed by atoms with Crippen molar-refractivity contribution in [3.05, 3.63) is 101 Å². The molecule has 11 nitrogen and oxygen atoms in total. The molecule has 3 aromatic carbocycles. The van der Waals surface area contributed by atoms with E-state index in [1.54, 1.807) is 48.5 Å². The number of amides is 1. The summed E-state index contributed by atoms with van der Waals surface area (Å²) in [5.41, 5.74) is 5.33. The molecule has 0 bridgehead atoms. The van der Waals surface area contributed by atoms with Gasteiger partial charge in [0.2, 0.25) is 11.6 Å². The number of nitro groups is 1. The molecule has 1 amide bonds. The van der Waals surface area contributed by atoms with Gasteiger partial charge >= 0.3 is 5.69 Å². The Kier molecular flexibility index (Phi) is 6.97. The van der Waals surface area contributed by atoms with Crippen LogP contribution in [0.3, 0.4) is 0 Å². The second kappa shape index (κ2) is 10.6. The Labute approximate surface area is 199 Å². The van der Waals surface area contributed by atoms with E-state index < -0.39 is 16.5 Å². The van der Waals surface area contributed by atoms with Gasteiger partial charge in [-0.3, -0.25) is 25.8 Å². The largest absolute Gasteiger partial charge is 0.497 e. The van der Waals surface area contributed by atoms with E-state index >= 15 is 0 Å². The van der Waals surface area contributed by atoms with Crippen molar-refractivity contribution in [2.24, 2.45) is 0 Å². The minimum absolute atomic E-state index is 0.0528. The maximum absolute atomic E-state index is 12.4. The molecule has 0 aliphatic carbocycles. The number of aromatic nitrogens is 2. The Morgan fingerprint density at radius 2 is 1.49 bits per heavy atom. The first kappa shape index (κ1) is 23.0. The SMILES string of the molecule is COc1ccc(C(=O)NNc2ncnc(Nc3ccc(Oc4ccccc4)cc3)c2[N+](=O)[O-])cc1. The number of nitrogens with one attached hydrogen (secondary N) is 3. The molecule has 1 aromatic heterocycles. The summed E-state index contributed by atoms with van der Waals surface area (Å²) < 4.78 is 10.8. The maximum atomic E-state index is 12.4. The molecule has 0 unspecified atom stereocenters. The van der Waals surface area contributed by atoms with E-state index in [1.807, 2.05) is 30.3 Å². The number of hydrogen-bond acceptors (Lipinski definition) is 9. The number of ether oxygens (including phenoxy) is 2. The topological polar surface area (TPSA) is 141 Å². The second-order valence-corrected chi connectivity index (χ2v) is 7.05. The summed E-state index contributed by atoms with van der Waals surface area (Å²) in [5.74, 6) is 1.14. The monoisotopic (exact) mass is 472 g/mol. The first-order chi connectivity index (χ1) is 17.0. The van der Waals surface area contributed by atoms with Crippen molar-refractivity contribution >= 4 is 28.9 Å². The Morgan fingerprint density at radius 3 is 2.14 bits per heavy atom. The van der Waals surface area contributed by atoms with Gasteiger partial charge in [-0.05, 0) is 60.7 Å². The van der Waals surface area contributed by atoms with Crippen molar-refractivity contribution in [2.75, 3.05) is 17.9 Å². The highest BCUT2D eigenvalue weighted by atomic mass is 16.6. The van der Waals surface area contributed by atoms with Crippen LogP contribution < -0.4 is 25.6 Å². The van der Waals surface area contributed by atoms with Crippen molar-refractivity contribution in [1.29, 1.82) is 0 Å². The normalized spacial score (nSPS) is 10.2. The molecule has 0 saturated carbocycles. The van der Waals surface area contributed by atoms with E-state index in [4.69, 9.17) is 9.47 Å². The van der Waals surface area contributed by atoms with Crippen molar-refractivity contribution in [3.8, 4) is 17.2 Å². The molecule has 0 spiro atoms. The maximum Gasteiger partial charge on any atom is 0.355 e. The number of anilines is 3. The Balaban J connectivity index is 1.46. The molecule has 4 rings (SSSR count). The molecule has 4 aromatic rings. The first-order valence-corrected chi connectivity index (χ1v) is 10.3. The Morgan fingerprint density at radius 1 is 0.857 bits per heavy atom. The summed E-state index contributed by atoms with van der Waals surface area (Å²) in [5, 5.41) is 14.7. The molecule has 0 radical (unpaired) electrons. The smallest absolute Gasteiger partial charge is 0.355 e. The Hall–Kier alpha value is -5.19. The number of hydrazine groups is 1. The lowest BCUT2D eigenvalue weighted by Gasteiger charge is -2.11. The molecule has 35 heavy (non-hydrogen) atoms. The number of benzene rings is 3. The van der Waals surface area contributed by atoms with Crippen LogP contribution in [0.25, 0.3) is 0 Å². The van der Waals surface area contributed by atoms with Crippen LogP contribution in [0.2, 0.25) is 0 Å². The molecule has 1 heterocycles. The van der Waals surface area contributed by atoms with Crippen LogP contribution in [-0.4, -0.2) is 27.9 Å². The summed E-state index contributed by atoms with van der Waals surface area (Å²) >= 11 is 0. The highest BCUT2D eigenvalue weighted by Crippen LogP contribution is 2.31. The lowest BCUT2D eigenvalue weighted by Crippen LogP contribution is -2.30. The number of methoxy groups -OCH3 is 1. The number of rotatable bonds is 9. The van der Waals surface area contributed by atoms with Crippen LogP contribution in [-0.2, 0) is 0 Å². The van der Waals surface area contributed by atoms with Crippen molar-refractivity contribution < 1.29 is 19.2 Å². The standard InChI is InChI=1S/C24H20N6O5/c1-34-18-11-7-16(8-12-18)24(31)29-28-23-21(30(32)33)22(25-15-26-23)27-17-9-13-20(14-10-17)35-19-5-3-2-4-6-19/h2-15H,1H3,(H,29,31)(H2,25,26,27,28). The summed E-state index contributed by atoms with van der Waals surface area (Å²) in [6.45, 7) is 0. The highest BCUT2D eigenvalue weighted by Gasteiger charge is 2.24. The summed E-state index contributed by atoms with van der Waals surface area (Å²) in [6, 6.07) is 22.5. The van der Waals surface area contributed by atoms with Gasteiger partial charge in [-0.15, -0.1) is 0 Å². The third-order valence-corrected chi connectivity index (χ3v) is 4.75. The van der Waals surface area contributed by atoms with Crippen LogP contribution in [0, 0.1) is 10.1 Å². The molecule has 0 saturated heterocycles. The van der Waals surface area contributed by atoms with Gasteiger partial charge in [0.25, 0.3) is 5.91 Å². The summed E-state index contributed by atoms with van der Waals surface area (Å²) in [4.78, 5) is 31.4. The van der Waals surface area contributed by atoms with Crippen LogP contribution in [0.1, 0.15) is 10.4 Å². The number of hydrogen-bond donors (Lipinski definition) is 3. The molecular weight excluding hydrogens is 452 g/mol. The lowest BCUT2D eigenvalue weighted by atomic mass is 10.2. The fraction of sp³-hybridized carbons (Fsp3) is 0.0417. The predicted molar refractivity (Wildman–Crippen MR) is 129 cm³/mol. The quantitative estimate of drug-likeness (QED) is 0.234. The summed E-state index contributed by atoms with van der Waals surface area (Å²) in [6.07, 6.45) is 1.14. The number of nitrogens with zero attached hydrogens (tertiary/aromatic N) is 3. The van der Waals surface area contributed by atoms with E-state index in [0.29, 0.717) is 28.5 Å². The summed E-state index contributed by atoms with van der Waals surface area (Å²) in [7, 11) is 1.52. The van der Waals surface area contributed by atoms with Crippen molar-refractivity contribution in [3.63, 3.8) is 0 Å². The molecular formula is C24H20N6O5. The minimum atomic E-state index is -0.642. The molecule has 0 fully saturated rings. The van der Waals surface area contributed by atoms with Gasteiger partial charge in [-0.1, -0.05) is 18.2 Å². The molecule has 0 aliphatic rings. The molecule has 0 atom stereocenters. The van der Waals surface area contributed by atoms with Gasteiger partial charge < -0.3 is 14.8 Å². The molecule has 3 N–H and O–H groups in total. The van der Waals surface area contributed by atoms with Crippen LogP contribution in [0.5, 0.6) is 17.2 Å². The number of para-hydroxylation sites is 1. The average molecular weight is 472 g/mol. The van der Waals surface area contributed by atoms with E-state index in [9.17, 15) is 14.9 Å². The third kappa shape index (κ3) is 5.79. The molecule has 11 heteroatoms. The van der Waals surface area contributed by atoms with Crippen LogP contribution >= 0.6 is 0 Å². The lowest BCUT2D eigenvalue weighted by molar-refractivity contribution is -0.383. The van der Waals surface area contributed by atoms with E-state index in [0.717, 1.165) is 6.33 Å². The van der Waals surface area contributed by atoms with Crippen molar-refractivity contribution in [1.82, 2.24) is 15.4 Å². The van der Waals surface area contributed by atoms with E-state index in [1.165, 1.54) is 7.11 Å². The zero-order valence-corrected chi connectivity index (χ0v) is 18.5. The first-order valence-electron chi connectivity index (χ1n) is 10.3.